The van der Waals surface area contributed by atoms with E-state index in [2.05, 4.69) is 10.1 Å². The number of nitro benzene ring substituents is 1. The molecule has 0 amide bonds. The van der Waals surface area contributed by atoms with Crippen molar-refractivity contribution in [3.63, 3.8) is 0 Å². The zero-order valence-electron chi connectivity index (χ0n) is 12.1. The topological polar surface area (TPSA) is 95.3 Å². The molecule has 8 nitrogen and oxygen atoms in total. The van der Waals surface area contributed by atoms with Crippen molar-refractivity contribution in [2.24, 2.45) is 0 Å². The van der Waals surface area contributed by atoms with Crippen LogP contribution in [0.2, 0.25) is 0 Å². The molecule has 0 saturated heterocycles. The van der Waals surface area contributed by atoms with Crippen LogP contribution < -0.4 is 5.69 Å². The van der Waals surface area contributed by atoms with Gasteiger partial charge in [-0.15, -0.1) is 5.10 Å². The number of nitrogens with zero attached hydrogens (tertiary/aromatic N) is 5. The number of hydrogen-bond donors (Lipinski definition) is 0. The molecule has 0 aliphatic heterocycles. The molecule has 3 aromatic rings. The molecule has 0 radical (unpaired) electrons. The lowest BCUT2D eigenvalue weighted by atomic mass is 10.2. The summed E-state index contributed by atoms with van der Waals surface area (Å²) in [6, 6.07) is 7.94. The first-order chi connectivity index (χ1) is 10.5. The summed E-state index contributed by atoms with van der Waals surface area (Å²) in [4.78, 5) is 26.9. The van der Waals surface area contributed by atoms with E-state index in [4.69, 9.17) is 0 Å². The molecule has 112 valence electrons. The molecule has 0 unspecified atom stereocenters. The minimum absolute atomic E-state index is 0.0144. The summed E-state index contributed by atoms with van der Waals surface area (Å²) in [6.45, 7) is 3.79. The third-order valence-corrected chi connectivity index (χ3v) is 3.32. The van der Waals surface area contributed by atoms with Crippen molar-refractivity contribution in [3.8, 4) is 0 Å². The maximum atomic E-state index is 12.4. The smallest absolute Gasteiger partial charge is 0.258 e. The summed E-state index contributed by atoms with van der Waals surface area (Å²) in [7, 11) is 0. The van der Waals surface area contributed by atoms with E-state index in [0.29, 0.717) is 11.3 Å². The minimum Gasteiger partial charge on any atom is -0.258 e. The number of aryl methyl sites for hydroxylation is 2. The van der Waals surface area contributed by atoms with Crippen molar-refractivity contribution in [3.05, 3.63) is 67.9 Å². The molecular weight excluding hydrogens is 286 g/mol. The van der Waals surface area contributed by atoms with E-state index in [-0.39, 0.29) is 17.9 Å². The van der Waals surface area contributed by atoms with E-state index < -0.39 is 4.92 Å². The second kappa shape index (κ2) is 5.06. The molecule has 0 spiro atoms. The quantitative estimate of drug-likeness (QED) is 0.539. The average molecular weight is 299 g/mol. The van der Waals surface area contributed by atoms with Gasteiger partial charge < -0.3 is 0 Å². The van der Waals surface area contributed by atoms with Crippen LogP contribution in [0.25, 0.3) is 5.78 Å². The van der Waals surface area contributed by atoms with Gasteiger partial charge in [0.15, 0.2) is 0 Å². The van der Waals surface area contributed by atoms with E-state index in [9.17, 15) is 14.9 Å². The molecule has 0 aliphatic carbocycles. The van der Waals surface area contributed by atoms with Gasteiger partial charge in [-0.3, -0.25) is 10.1 Å². The van der Waals surface area contributed by atoms with Crippen LogP contribution in [0, 0.1) is 24.0 Å². The fourth-order valence-electron chi connectivity index (χ4n) is 2.38. The molecule has 0 bridgehead atoms. The fraction of sp³-hybridized carbons (Fsp3) is 0.214. The molecule has 2 heterocycles. The van der Waals surface area contributed by atoms with Gasteiger partial charge >= 0.3 is 5.69 Å². The average Bonchev–Trinajstić information content (AvgIpc) is 2.75. The SMILES string of the molecule is Cc1cc(C)n2c(=O)n(Cc3cccc([N+](=O)[O-])c3)nc2n1. The maximum Gasteiger partial charge on any atom is 0.352 e. The van der Waals surface area contributed by atoms with E-state index in [1.165, 1.54) is 21.2 Å². The van der Waals surface area contributed by atoms with E-state index >= 15 is 0 Å². The van der Waals surface area contributed by atoms with Crippen LogP contribution in [0.5, 0.6) is 0 Å². The Morgan fingerprint density at radius 1 is 1.27 bits per heavy atom. The Morgan fingerprint density at radius 3 is 2.77 bits per heavy atom. The van der Waals surface area contributed by atoms with Crippen LogP contribution >= 0.6 is 0 Å². The predicted octanol–water partition coefficient (Wildman–Crippen LogP) is 1.46. The van der Waals surface area contributed by atoms with Crippen LogP contribution in [0.4, 0.5) is 5.69 Å². The van der Waals surface area contributed by atoms with Gasteiger partial charge in [0.05, 0.1) is 11.5 Å². The van der Waals surface area contributed by atoms with Gasteiger partial charge in [-0.05, 0) is 25.5 Å². The van der Waals surface area contributed by atoms with Gasteiger partial charge in [0.25, 0.3) is 11.5 Å². The molecule has 2 aromatic heterocycles. The van der Waals surface area contributed by atoms with Crippen molar-refractivity contribution in [1.82, 2.24) is 19.2 Å². The van der Waals surface area contributed by atoms with Gasteiger partial charge in [-0.1, -0.05) is 12.1 Å². The Balaban J connectivity index is 2.06. The molecule has 0 fully saturated rings. The molecule has 8 heteroatoms. The van der Waals surface area contributed by atoms with Gasteiger partial charge in [0.2, 0.25) is 0 Å². The largest absolute Gasteiger partial charge is 0.352 e. The molecular formula is C14H13N5O3. The third-order valence-electron chi connectivity index (χ3n) is 3.32. The Bertz CT molecular complexity index is 941. The van der Waals surface area contributed by atoms with Gasteiger partial charge in [-0.2, -0.15) is 0 Å². The molecule has 0 saturated carbocycles. The first-order valence-electron chi connectivity index (χ1n) is 6.63. The monoisotopic (exact) mass is 299 g/mol. The van der Waals surface area contributed by atoms with Crippen molar-refractivity contribution in [1.29, 1.82) is 0 Å². The van der Waals surface area contributed by atoms with Crippen LogP contribution in [0.15, 0.2) is 35.1 Å². The molecule has 1 aromatic carbocycles. The van der Waals surface area contributed by atoms with Crippen LogP contribution in [-0.4, -0.2) is 24.1 Å². The summed E-state index contributed by atoms with van der Waals surface area (Å²) in [5.41, 5.74) is 1.83. The summed E-state index contributed by atoms with van der Waals surface area (Å²) in [6.07, 6.45) is 0. The normalized spacial score (nSPS) is 11.0. The number of rotatable bonds is 3. The van der Waals surface area contributed by atoms with Crippen LogP contribution in [-0.2, 0) is 6.54 Å². The van der Waals surface area contributed by atoms with E-state index in [0.717, 1.165) is 11.4 Å². The van der Waals surface area contributed by atoms with Crippen LogP contribution in [0.1, 0.15) is 17.0 Å². The summed E-state index contributed by atoms with van der Waals surface area (Å²) < 4.78 is 2.68. The highest BCUT2D eigenvalue weighted by Gasteiger charge is 2.12. The first-order valence-corrected chi connectivity index (χ1v) is 6.63. The second-order valence-corrected chi connectivity index (χ2v) is 5.04. The van der Waals surface area contributed by atoms with Crippen molar-refractivity contribution < 1.29 is 4.92 Å². The lowest BCUT2D eigenvalue weighted by Gasteiger charge is -2.00. The highest BCUT2D eigenvalue weighted by Crippen LogP contribution is 2.13. The van der Waals surface area contributed by atoms with E-state index in [1.54, 1.807) is 18.2 Å². The Labute approximate surface area is 124 Å². The number of nitro groups is 1. The molecule has 3 rings (SSSR count). The van der Waals surface area contributed by atoms with Crippen molar-refractivity contribution in [2.75, 3.05) is 0 Å². The maximum absolute atomic E-state index is 12.4. The second-order valence-electron chi connectivity index (χ2n) is 5.04. The fourth-order valence-corrected chi connectivity index (χ4v) is 2.38. The van der Waals surface area contributed by atoms with Crippen LogP contribution in [0.3, 0.4) is 0 Å². The first kappa shape index (κ1) is 13.9. The third kappa shape index (κ3) is 2.34. The zero-order chi connectivity index (χ0) is 15.9. The number of non-ortho nitro benzene ring substituents is 1. The van der Waals surface area contributed by atoms with E-state index in [1.807, 2.05) is 13.8 Å². The highest BCUT2D eigenvalue weighted by molar-refractivity contribution is 5.35. The van der Waals surface area contributed by atoms with Crippen molar-refractivity contribution in [2.45, 2.75) is 20.4 Å². The lowest BCUT2D eigenvalue weighted by Crippen LogP contribution is -2.22. The number of aromatic nitrogens is 4. The standard InChI is InChI=1S/C14H13N5O3/c1-9-6-10(2)18-13(15-9)16-17(14(18)20)8-11-4-3-5-12(7-11)19(21)22/h3-7H,8H2,1-2H3. The predicted molar refractivity (Wildman–Crippen MR) is 78.9 cm³/mol. The molecule has 0 aliphatic rings. The molecule has 0 atom stereocenters. The summed E-state index contributed by atoms with van der Waals surface area (Å²) in [5.74, 6) is 0.327. The number of benzene rings is 1. The number of fused-ring (bicyclic) bond motifs is 1. The Hall–Kier alpha value is -3.03. The summed E-state index contributed by atoms with van der Waals surface area (Å²) >= 11 is 0. The van der Waals surface area contributed by atoms with Crippen molar-refractivity contribution >= 4 is 11.5 Å². The minimum atomic E-state index is -0.467. The Kier molecular flexibility index (Phi) is 3.21. The lowest BCUT2D eigenvalue weighted by molar-refractivity contribution is -0.384. The van der Waals surface area contributed by atoms with Gasteiger partial charge in [0, 0.05) is 23.5 Å². The highest BCUT2D eigenvalue weighted by atomic mass is 16.6. The summed E-state index contributed by atoms with van der Waals surface area (Å²) in [5, 5.41) is 15.0. The number of hydrogen-bond acceptors (Lipinski definition) is 5. The zero-order valence-corrected chi connectivity index (χ0v) is 12.1. The van der Waals surface area contributed by atoms with Gasteiger partial charge in [-0.25, -0.2) is 18.9 Å². The Morgan fingerprint density at radius 2 is 2.05 bits per heavy atom. The van der Waals surface area contributed by atoms with Gasteiger partial charge in [0.1, 0.15) is 0 Å². The molecule has 0 N–H and O–H groups in total. The molecule has 22 heavy (non-hydrogen) atoms.